The van der Waals surface area contributed by atoms with E-state index in [1.807, 2.05) is 0 Å². The Kier molecular flexibility index (Phi) is 7.56. The van der Waals surface area contributed by atoms with Crippen LogP contribution in [0.5, 0.6) is 17.2 Å². The summed E-state index contributed by atoms with van der Waals surface area (Å²) in [6.07, 6.45) is -1.16. The van der Waals surface area contributed by atoms with E-state index in [0.717, 1.165) is 6.07 Å². The van der Waals surface area contributed by atoms with Crippen LogP contribution in [-0.2, 0) is 9.53 Å². The zero-order chi connectivity index (χ0) is 22.3. The van der Waals surface area contributed by atoms with E-state index in [0.29, 0.717) is 17.2 Å². The predicted octanol–water partition coefficient (Wildman–Crippen LogP) is 3.19. The maximum Gasteiger partial charge on any atom is 0.339 e. The van der Waals surface area contributed by atoms with Crippen molar-refractivity contribution in [3.05, 3.63) is 52.1 Å². The molecule has 0 aliphatic heterocycles. The summed E-state index contributed by atoms with van der Waals surface area (Å²) in [5, 5.41) is 13.8. The van der Waals surface area contributed by atoms with Crippen molar-refractivity contribution in [2.45, 2.75) is 20.0 Å². The summed E-state index contributed by atoms with van der Waals surface area (Å²) in [5.41, 5.74) is -0.0260. The van der Waals surface area contributed by atoms with Crippen molar-refractivity contribution >= 4 is 23.3 Å². The number of hydrogen-bond donors (Lipinski definition) is 1. The summed E-state index contributed by atoms with van der Waals surface area (Å²) < 4.78 is 20.6. The monoisotopic (exact) mass is 418 g/mol. The van der Waals surface area contributed by atoms with Crippen molar-refractivity contribution in [1.82, 2.24) is 0 Å². The van der Waals surface area contributed by atoms with Crippen molar-refractivity contribution in [3.63, 3.8) is 0 Å². The molecule has 0 aliphatic rings. The SMILES string of the molecule is CCOc1ccc(C(=O)O[C@H](C)C(=O)Nc2ccc(OC)c(OC)c2)cc1[N+](=O)[O-]. The topological polar surface area (TPSA) is 126 Å². The minimum Gasteiger partial charge on any atom is -0.493 e. The second-order valence-electron chi connectivity index (χ2n) is 5.98. The Morgan fingerprint density at radius 3 is 2.33 bits per heavy atom. The summed E-state index contributed by atoms with van der Waals surface area (Å²) >= 11 is 0. The van der Waals surface area contributed by atoms with Crippen molar-refractivity contribution in [1.29, 1.82) is 0 Å². The van der Waals surface area contributed by atoms with E-state index >= 15 is 0 Å². The molecule has 1 N–H and O–H groups in total. The molecule has 0 saturated carbocycles. The van der Waals surface area contributed by atoms with Crippen LogP contribution in [0.3, 0.4) is 0 Å². The first-order valence-electron chi connectivity index (χ1n) is 8.95. The van der Waals surface area contributed by atoms with E-state index < -0.39 is 22.9 Å². The number of esters is 1. The molecule has 10 heteroatoms. The molecule has 1 amide bonds. The van der Waals surface area contributed by atoms with Crippen LogP contribution < -0.4 is 19.5 Å². The molecule has 2 rings (SSSR count). The number of methoxy groups -OCH3 is 2. The molecule has 0 unspecified atom stereocenters. The summed E-state index contributed by atoms with van der Waals surface area (Å²) in [6.45, 7) is 3.31. The molecule has 160 valence electrons. The van der Waals surface area contributed by atoms with Gasteiger partial charge in [-0.25, -0.2) is 4.79 Å². The van der Waals surface area contributed by atoms with Crippen LogP contribution >= 0.6 is 0 Å². The number of hydrogen-bond acceptors (Lipinski definition) is 8. The average molecular weight is 418 g/mol. The maximum absolute atomic E-state index is 12.4. The van der Waals surface area contributed by atoms with Crippen LogP contribution in [-0.4, -0.2) is 43.7 Å². The van der Waals surface area contributed by atoms with Gasteiger partial charge in [-0.3, -0.25) is 14.9 Å². The van der Waals surface area contributed by atoms with Gasteiger partial charge in [0.15, 0.2) is 23.4 Å². The minimum atomic E-state index is -1.16. The Hall–Kier alpha value is -3.82. The first kappa shape index (κ1) is 22.5. The number of rotatable bonds is 9. The highest BCUT2D eigenvalue weighted by Gasteiger charge is 2.23. The molecule has 0 radical (unpaired) electrons. The van der Waals surface area contributed by atoms with Gasteiger partial charge in [0.25, 0.3) is 5.91 Å². The van der Waals surface area contributed by atoms with Gasteiger partial charge < -0.3 is 24.3 Å². The molecule has 0 fully saturated rings. The van der Waals surface area contributed by atoms with Gasteiger partial charge in [0.1, 0.15) is 0 Å². The van der Waals surface area contributed by atoms with Crippen molar-refractivity contribution in [2.75, 3.05) is 26.1 Å². The van der Waals surface area contributed by atoms with Crippen LogP contribution in [0.4, 0.5) is 11.4 Å². The molecular weight excluding hydrogens is 396 g/mol. The van der Waals surface area contributed by atoms with E-state index in [9.17, 15) is 19.7 Å². The Morgan fingerprint density at radius 2 is 1.73 bits per heavy atom. The molecule has 10 nitrogen and oxygen atoms in total. The predicted molar refractivity (Wildman–Crippen MR) is 107 cm³/mol. The van der Waals surface area contributed by atoms with Gasteiger partial charge in [0.2, 0.25) is 0 Å². The zero-order valence-electron chi connectivity index (χ0n) is 17.0. The highest BCUT2D eigenvalue weighted by Crippen LogP contribution is 2.30. The van der Waals surface area contributed by atoms with Crippen LogP contribution in [0.15, 0.2) is 36.4 Å². The van der Waals surface area contributed by atoms with Gasteiger partial charge in [-0.05, 0) is 38.1 Å². The van der Waals surface area contributed by atoms with E-state index in [2.05, 4.69) is 5.32 Å². The standard InChI is InChI=1S/C20H22N2O8/c1-5-29-16-8-6-13(10-15(16)22(25)26)20(24)30-12(2)19(23)21-14-7-9-17(27-3)18(11-14)28-4/h6-12H,5H2,1-4H3,(H,21,23)/t12-/m1/s1. The van der Waals surface area contributed by atoms with Crippen molar-refractivity contribution in [3.8, 4) is 17.2 Å². The second-order valence-corrected chi connectivity index (χ2v) is 5.98. The molecule has 2 aromatic carbocycles. The molecule has 2 aromatic rings. The van der Waals surface area contributed by atoms with Gasteiger partial charge in [0, 0.05) is 17.8 Å². The molecule has 0 aliphatic carbocycles. The maximum atomic E-state index is 12.4. The third kappa shape index (κ3) is 5.37. The lowest BCUT2D eigenvalue weighted by Gasteiger charge is -2.15. The molecule has 1 atom stereocenters. The first-order chi connectivity index (χ1) is 14.3. The zero-order valence-corrected chi connectivity index (χ0v) is 17.0. The average Bonchev–Trinajstić information content (AvgIpc) is 2.73. The fourth-order valence-electron chi connectivity index (χ4n) is 2.50. The third-order valence-corrected chi connectivity index (χ3v) is 4.00. The van der Waals surface area contributed by atoms with Crippen LogP contribution in [0.2, 0.25) is 0 Å². The number of anilines is 1. The number of benzene rings is 2. The van der Waals surface area contributed by atoms with Gasteiger partial charge in [-0.1, -0.05) is 0 Å². The molecule has 0 saturated heterocycles. The molecule has 0 aromatic heterocycles. The molecule has 30 heavy (non-hydrogen) atoms. The van der Waals surface area contributed by atoms with Gasteiger partial charge in [-0.2, -0.15) is 0 Å². The van der Waals surface area contributed by atoms with Crippen molar-refractivity contribution in [2.24, 2.45) is 0 Å². The Bertz CT molecular complexity index is 944. The Labute approximate surface area is 172 Å². The van der Waals surface area contributed by atoms with Crippen LogP contribution in [0.25, 0.3) is 0 Å². The minimum absolute atomic E-state index is 0.0401. The van der Waals surface area contributed by atoms with E-state index in [4.69, 9.17) is 18.9 Å². The number of nitrogens with one attached hydrogen (secondary N) is 1. The lowest BCUT2D eigenvalue weighted by atomic mass is 10.2. The second kappa shape index (κ2) is 10.1. The summed E-state index contributed by atoms with van der Waals surface area (Å²) in [4.78, 5) is 35.2. The van der Waals surface area contributed by atoms with E-state index in [1.54, 1.807) is 25.1 Å². The summed E-state index contributed by atoms with van der Waals surface area (Å²) in [7, 11) is 2.95. The Balaban J connectivity index is 2.09. The smallest absolute Gasteiger partial charge is 0.339 e. The van der Waals surface area contributed by atoms with Crippen LogP contribution in [0.1, 0.15) is 24.2 Å². The fraction of sp³-hybridized carbons (Fsp3) is 0.300. The number of nitrogens with zero attached hydrogens (tertiary/aromatic N) is 1. The third-order valence-electron chi connectivity index (χ3n) is 4.00. The highest BCUT2D eigenvalue weighted by atomic mass is 16.6. The fourth-order valence-corrected chi connectivity index (χ4v) is 2.50. The number of ether oxygens (including phenoxy) is 4. The Morgan fingerprint density at radius 1 is 1.07 bits per heavy atom. The van der Waals surface area contributed by atoms with E-state index in [-0.39, 0.29) is 23.6 Å². The first-order valence-corrected chi connectivity index (χ1v) is 8.95. The molecule has 0 bridgehead atoms. The summed E-state index contributed by atoms with van der Waals surface area (Å²) in [5.74, 6) is -0.515. The van der Waals surface area contributed by atoms with Gasteiger partial charge in [0.05, 0.1) is 31.3 Å². The number of nitro benzene ring substituents is 1. The highest BCUT2D eigenvalue weighted by molar-refractivity contribution is 5.97. The number of amides is 1. The number of nitro groups is 1. The lowest BCUT2D eigenvalue weighted by Crippen LogP contribution is -2.30. The molecule has 0 heterocycles. The van der Waals surface area contributed by atoms with Crippen LogP contribution in [0, 0.1) is 10.1 Å². The van der Waals surface area contributed by atoms with Gasteiger partial charge >= 0.3 is 11.7 Å². The van der Waals surface area contributed by atoms with Crippen molar-refractivity contribution < 1.29 is 33.5 Å². The molecular formula is C20H22N2O8. The quantitative estimate of drug-likeness (QED) is 0.374. The van der Waals surface area contributed by atoms with Gasteiger partial charge in [-0.15, -0.1) is 0 Å². The normalized spacial score (nSPS) is 11.2. The number of carbonyl (C=O) groups excluding carboxylic acids is 2. The molecule has 0 spiro atoms. The summed E-state index contributed by atoms with van der Waals surface area (Å²) in [6, 6.07) is 8.47. The largest absolute Gasteiger partial charge is 0.493 e. The lowest BCUT2D eigenvalue weighted by molar-refractivity contribution is -0.385. The van der Waals surface area contributed by atoms with E-state index in [1.165, 1.54) is 33.3 Å². The number of carbonyl (C=O) groups is 2.